The van der Waals surface area contributed by atoms with Crippen LogP contribution in [0.1, 0.15) is 33.1 Å². The first kappa shape index (κ1) is 24.7. The van der Waals surface area contributed by atoms with Crippen LogP contribution in [0, 0.1) is 11.8 Å². The predicted molar refractivity (Wildman–Crippen MR) is 136 cm³/mol. The second kappa shape index (κ2) is 8.85. The van der Waals surface area contributed by atoms with Gasteiger partial charge in [-0.3, -0.25) is 19.3 Å². The van der Waals surface area contributed by atoms with Gasteiger partial charge in [0.25, 0.3) is 0 Å². The predicted octanol–water partition coefficient (Wildman–Crippen LogP) is 1.96. The number of anilines is 1. The highest BCUT2D eigenvalue weighted by Crippen LogP contribution is 2.41. The summed E-state index contributed by atoms with van der Waals surface area (Å²) in [7, 11) is -0.234. The van der Waals surface area contributed by atoms with Crippen LogP contribution in [0.4, 0.5) is 5.69 Å². The lowest BCUT2D eigenvalue weighted by Crippen LogP contribution is -2.51. The van der Waals surface area contributed by atoms with E-state index in [0.29, 0.717) is 18.4 Å². The Morgan fingerprint density at radius 1 is 1.06 bits per heavy atom. The summed E-state index contributed by atoms with van der Waals surface area (Å²) >= 11 is 0. The molecule has 5 rings (SSSR count). The van der Waals surface area contributed by atoms with Crippen LogP contribution >= 0.6 is 0 Å². The van der Waals surface area contributed by atoms with Crippen LogP contribution in [0.15, 0.2) is 41.3 Å². The Bertz CT molecular complexity index is 1350. The van der Waals surface area contributed by atoms with Crippen molar-refractivity contribution in [3.8, 4) is 0 Å². The zero-order valence-corrected chi connectivity index (χ0v) is 21.8. The molecule has 2 heterocycles. The van der Waals surface area contributed by atoms with Crippen LogP contribution in [-0.4, -0.2) is 74.7 Å². The molecule has 10 heteroatoms. The number of nitrogens with zero attached hydrogens (tertiary/aromatic N) is 3. The van der Waals surface area contributed by atoms with Gasteiger partial charge in [0.2, 0.25) is 27.7 Å². The van der Waals surface area contributed by atoms with Crippen molar-refractivity contribution in [2.45, 2.75) is 56.1 Å². The second-order valence-electron chi connectivity index (χ2n) is 10.4. The molecule has 1 unspecified atom stereocenters. The van der Waals surface area contributed by atoms with Crippen LogP contribution in [0.3, 0.4) is 0 Å². The van der Waals surface area contributed by atoms with Crippen LogP contribution in [-0.2, 0) is 24.4 Å². The second-order valence-corrected chi connectivity index (χ2v) is 12.0. The number of carbonyl (C=O) groups is 3. The molecule has 2 saturated heterocycles. The minimum atomic E-state index is -4.02. The molecule has 1 aliphatic carbocycles. The highest BCUT2D eigenvalue weighted by molar-refractivity contribution is 7.89. The molecule has 4 atom stereocenters. The molecule has 0 spiro atoms. The number of nitrogens with one attached hydrogen (secondary N) is 1. The van der Waals surface area contributed by atoms with Crippen molar-refractivity contribution in [3.63, 3.8) is 0 Å². The van der Waals surface area contributed by atoms with Crippen LogP contribution in [0.5, 0.6) is 0 Å². The Kier molecular flexibility index (Phi) is 6.07. The van der Waals surface area contributed by atoms with Gasteiger partial charge >= 0.3 is 0 Å². The Hall–Kier alpha value is -2.98. The van der Waals surface area contributed by atoms with Crippen molar-refractivity contribution in [2.24, 2.45) is 11.8 Å². The largest absolute Gasteiger partial charge is 0.377 e. The van der Waals surface area contributed by atoms with Crippen molar-refractivity contribution in [2.75, 3.05) is 25.5 Å². The van der Waals surface area contributed by atoms with E-state index in [9.17, 15) is 22.8 Å². The van der Waals surface area contributed by atoms with E-state index >= 15 is 0 Å². The molecule has 3 aliphatic rings. The van der Waals surface area contributed by atoms with Gasteiger partial charge < -0.3 is 9.80 Å². The van der Waals surface area contributed by atoms with Crippen molar-refractivity contribution in [1.29, 1.82) is 0 Å². The molecule has 9 nitrogen and oxygen atoms in total. The zero-order valence-electron chi connectivity index (χ0n) is 21.0. The summed E-state index contributed by atoms with van der Waals surface area (Å²) in [6, 6.07) is 8.78. The summed E-state index contributed by atoms with van der Waals surface area (Å²) < 4.78 is 29.4. The number of hydrogen-bond acceptors (Lipinski definition) is 6. The van der Waals surface area contributed by atoms with Crippen LogP contribution < -0.4 is 9.62 Å². The van der Waals surface area contributed by atoms with Gasteiger partial charge in [-0.1, -0.05) is 31.2 Å². The molecule has 0 bridgehead atoms. The number of hydrogen-bond donors (Lipinski definition) is 1. The quantitative estimate of drug-likeness (QED) is 0.593. The molecule has 3 fully saturated rings. The smallest absolute Gasteiger partial charge is 0.241 e. The third kappa shape index (κ3) is 3.96. The molecule has 0 aromatic heterocycles. The van der Waals surface area contributed by atoms with Crippen molar-refractivity contribution < 1.29 is 22.8 Å². The van der Waals surface area contributed by atoms with E-state index in [1.165, 1.54) is 17.9 Å². The minimum Gasteiger partial charge on any atom is -0.377 e. The maximum atomic E-state index is 13.5. The van der Waals surface area contributed by atoms with Gasteiger partial charge in [0, 0.05) is 43.0 Å². The van der Waals surface area contributed by atoms with E-state index in [-0.39, 0.29) is 34.6 Å². The van der Waals surface area contributed by atoms with E-state index < -0.39 is 28.0 Å². The first-order valence-corrected chi connectivity index (χ1v) is 13.9. The Labute approximate surface area is 211 Å². The fourth-order valence-corrected chi connectivity index (χ4v) is 7.17. The minimum absolute atomic E-state index is 0.0795. The number of imide groups is 1. The van der Waals surface area contributed by atoms with Gasteiger partial charge in [0.1, 0.15) is 0 Å². The van der Waals surface area contributed by atoms with Gasteiger partial charge in [-0.2, -0.15) is 4.72 Å². The molecule has 2 aliphatic heterocycles. The summed E-state index contributed by atoms with van der Waals surface area (Å²) in [5.74, 6) is -1.34. The zero-order chi connectivity index (χ0) is 25.9. The third-order valence-electron chi connectivity index (χ3n) is 7.67. The van der Waals surface area contributed by atoms with Crippen LogP contribution in [0.2, 0.25) is 0 Å². The topological polar surface area (TPSA) is 107 Å². The maximum absolute atomic E-state index is 13.5. The third-order valence-corrected chi connectivity index (χ3v) is 9.27. The Morgan fingerprint density at radius 2 is 1.72 bits per heavy atom. The lowest BCUT2D eigenvalue weighted by atomic mass is 10.0. The Morgan fingerprint density at radius 3 is 2.39 bits per heavy atom. The van der Waals surface area contributed by atoms with Gasteiger partial charge in [-0.05, 0) is 38.3 Å². The highest BCUT2D eigenvalue weighted by atomic mass is 32.2. The standard InChI is InChI=1S/C26H32N4O5S/c1-15-23-21(30(24(15)31)26(33)17-11-12-17)13-14-29(23)25(32)16(2)27-36(34,35)22-10-6-7-18-19(22)8-5-9-20(18)28(3)4/h5-10,15-17,21,23,27H,11-14H2,1-4H3/t15-,16?,21-,23+/m1/s1. The fraction of sp³-hybridized carbons (Fsp3) is 0.500. The monoisotopic (exact) mass is 512 g/mol. The first-order valence-electron chi connectivity index (χ1n) is 12.4. The number of benzene rings is 2. The van der Waals surface area contributed by atoms with E-state index in [0.717, 1.165) is 23.9 Å². The summed E-state index contributed by atoms with van der Waals surface area (Å²) in [5.41, 5.74) is 0.891. The molecule has 192 valence electrons. The number of fused-ring (bicyclic) bond motifs is 2. The average Bonchev–Trinajstić information content (AvgIpc) is 3.56. The van der Waals surface area contributed by atoms with Gasteiger partial charge in [0.05, 0.1) is 28.9 Å². The molecule has 36 heavy (non-hydrogen) atoms. The summed E-state index contributed by atoms with van der Waals surface area (Å²) in [4.78, 5) is 44.1. The molecule has 1 N–H and O–H groups in total. The van der Waals surface area contributed by atoms with Crippen molar-refractivity contribution >= 4 is 44.2 Å². The molecule has 1 saturated carbocycles. The maximum Gasteiger partial charge on any atom is 0.241 e. The number of likely N-dealkylation sites (tertiary alicyclic amines) is 2. The van der Waals surface area contributed by atoms with Crippen LogP contribution in [0.25, 0.3) is 10.8 Å². The van der Waals surface area contributed by atoms with Gasteiger partial charge in [-0.15, -0.1) is 0 Å². The summed E-state index contributed by atoms with van der Waals surface area (Å²) in [5, 5.41) is 1.37. The van der Waals surface area contributed by atoms with E-state index in [4.69, 9.17) is 0 Å². The molecular weight excluding hydrogens is 480 g/mol. The highest BCUT2D eigenvalue weighted by Gasteiger charge is 2.56. The Balaban J connectivity index is 1.37. The van der Waals surface area contributed by atoms with Crippen molar-refractivity contribution in [1.82, 2.24) is 14.5 Å². The molecular formula is C26H32N4O5S. The lowest BCUT2D eigenvalue weighted by Gasteiger charge is -2.29. The van der Waals surface area contributed by atoms with E-state index in [2.05, 4.69) is 4.72 Å². The van der Waals surface area contributed by atoms with Crippen molar-refractivity contribution in [3.05, 3.63) is 36.4 Å². The SMILES string of the molecule is CC(NS(=O)(=O)c1cccc2c(N(C)C)cccc12)C(=O)N1CC[C@@H]2[C@@H]1[C@@H](C)C(=O)N2C(=O)C1CC1. The average molecular weight is 513 g/mol. The lowest BCUT2D eigenvalue weighted by molar-refractivity contribution is -0.146. The van der Waals surface area contributed by atoms with Gasteiger partial charge in [-0.25, -0.2) is 8.42 Å². The number of rotatable bonds is 6. The number of sulfonamides is 1. The molecule has 2 aromatic rings. The summed E-state index contributed by atoms with van der Waals surface area (Å²) in [6.07, 6.45) is 2.13. The molecule has 2 aromatic carbocycles. The van der Waals surface area contributed by atoms with E-state index in [1.807, 2.05) is 37.2 Å². The fourth-order valence-electron chi connectivity index (χ4n) is 5.75. The molecule has 0 radical (unpaired) electrons. The van der Waals surface area contributed by atoms with E-state index in [1.54, 1.807) is 24.0 Å². The molecule has 3 amide bonds. The summed E-state index contributed by atoms with van der Waals surface area (Å²) in [6.45, 7) is 3.66. The number of carbonyl (C=O) groups excluding carboxylic acids is 3. The normalized spacial score (nSPS) is 24.8. The first-order chi connectivity index (χ1) is 17.0. The van der Waals surface area contributed by atoms with Gasteiger partial charge in [0.15, 0.2) is 0 Å². The number of amides is 3.